The number of nitrogens with two attached hydrogens (primary N) is 1. The highest BCUT2D eigenvalue weighted by molar-refractivity contribution is 7.18. The topological polar surface area (TPSA) is 81.2 Å². The first kappa shape index (κ1) is 20.0. The largest absolute Gasteiger partial charge is 0.341 e. The summed E-state index contributed by atoms with van der Waals surface area (Å²) in [6.07, 6.45) is 3.35. The lowest BCUT2D eigenvalue weighted by molar-refractivity contribution is -0.133. The number of hydrogen-bond donors (Lipinski definition) is 1. The van der Waals surface area contributed by atoms with Crippen LogP contribution in [0.4, 0.5) is 0 Å². The summed E-state index contributed by atoms with van der Waals surface area (Å²) in [7, 11) is 0. The molecule has 1 amide bonds. The number of amides is 1. The van der Waals surface area contributed by atoms with E-state index in [0.29, 0.717) is 35.8 Å². The van der Waals surface area contributed by atoms with Gasteiger partial charge in [0.05, 0.1) is 11.7 Å². The maximum absolute atomic E-state index is 13.0. The van der Waals surface area contributed by atoms with Gasteiger partial charge in [0, 0.05) is 28.9 Å². The second-order valence-electron chi connectivity index (χ2n) is 6.54. The molecule has 3 aromatic rings. The van der Waals surface area contributed by atoms with Crippen molar-refractivity contribution in [2.45, 2.75) is 19.4 Å². The Morgan fingerprint density at radius 3 is 2.74 bits per heavy atom. The molecule has 0 unspecified atom stereocenters. The first-order valence-electron chi connectivity index (χ1n) is 8.65. The fourth-order valence-corrected chi connectivity index (χ4v) is 5.08. The van der Waals surface area contributed by atoms with Gasteiger partial charge in [0.15, 0.2) is 0 Å². The summed E-state index contributed by atoms with van der Waals surface area (Å²) in [6, 6.07) is 3.96. The van der Waals surface area contributed by atoms with Gasteiger partial charge in [-0.25, -0.2) is 4.98 Å². The van der Waals surface area contributed by atoms with E-state index in [0.717, 1.165) is 23.3 Å². The summed E-state index contributed by atoms with van der Waals surface area (Å²) in [5, 5.41) is 4.56. The van der Waals surface area contributed by atoms with Crippen molar-refractivity contribution in [3.63, 3.8) is 0 Å². The minimum absolute atomic E-state index is 0. The zero-order valence-electron chi connectivity index (χ0n) is 14.7. The quantitative estimate of drug-likeness (QED) is 0.698. The second-order valence-corrected chi connectivity index (χ2v) is 8.35. The maximum Gasteiger partial charge on any atom is 0.263 e. The van der Waals surface area contributed by atoms with Crippen molar-refractivity contribution in [1.29, 1.82) is 0 Å². The summed E-state index contributed by atoms with van der Waals surface area (Å²) in [4.78, 5) is 33.6. The highest BCUT2D eigenvalue weighted by Crippen LogP contribution is 2.33. The van der Waals surface area contributed by atoms with Crippen LogP contribution in [-0.4, -0.2) is 40.0 Å². The van der Waals surface area contributed by atoms with E-state index in [1.807, 2.05) is 27.8 Å². The Balaban J connectivity index is 0.00000210. The SMILES string of the molecule is Cl.NCC1CCN(C(=O)Cn2cnc3scc(-c4cccs4)c3c2=O)CC1. The molecule has 1 fully saturated rings. The van der Waals surface area contributed by atoms with Gasteiger partial charge in [-0.2, -0.15) is 0 Å². The third kappa shape index (κ3) is 3.94. The van der Waals surface area contributed by atoms with Crippen molar-refractivity contribution in [3.8, 4) is 10.4 Å². The average molecular weight is 425 g/mol. The number of halogens is 1. The molecule has 1 aliphatic heterocycles. The van der Waals surface area contributed by atoms with E-state index in [1.165, 1.54) is 22.2 Å². The van der Waals surface area contributed by atoms with Gasteiger partial charge in [-0.05, 0) is 36.8 Å². The van der Waals surface area contributed by atoms with Gasteiger partial charge in [0.1, 0.15) is 11.4 Å². The van der Waals surface area contributed by atoms with E-state index in [9.17, 15) is 9.59 Å². The van der Waals surface area contributed by atoms with Crippen molar-refractivity contribution in [2.24, 2.45) is 11.7 Å². The molecule has 0 spiro atoms. The second kappa shape index (κ2) is 8.52. The summed E-state index contributed by atoms with van der Waals surface area (Å²) < 4.78 is 1.43. The van der Waals surface area contributed by atoms with Gasteiger partial charge >= 0.3 is 0 Å². The molecule has 144 valence electrons. The Kier molecular flexibility index (Phi) is 6.31. The maximum atomic E-state index is 13.0. The van der Waals surface area contributed by atoms with E-state index in [-0.39, 0.29) is 30.4 Å². The van der Waals surface area contributed by atoms with Crippen LogP contribution in [0.5, 0.6) is 0 Å². The lowest BCUT2D eigenvalue weighted by Crippen LogP contribution is -2.42. The first-order chi connectivity index (χ1) is 12.7. The van der Waals surface area contributed by atoms with Gasteiger partial charge in [0.2, 0.25) is 5.91 Å². The Labute approximate surface area is 171 Å². The third-order valence-corrected chi connectivity index (χ3v) is 6.74. The fourth-order valence-electron chi connectivity index (χ4n) is 3.36. The number of thiophene rings is 2. The number of carbonyl (C=O) groups is 1. The molecule has 1 saturated heterocycles. The number of likely N-dealkylation sites (tertiary alicyclic amines) is 1. The monoisotopic (exact) mass is 424 g/mol. The lowest BCUT2D eigenvalue weighted by Gasteiger charge is -2.31. The molecule has 4 heterocycles. The zero-order chi connectivity index (χ0) is 18.1. The molecular weight excluding hydrogens is 404 g/mol. The molecule has 3 aromatic heterocycles. The van der Waals surface area contributed by atoms with Crippen molar-refractivity contribution in [1.82, 2.24) is 14.5 Å². The summed E-state index contributed by atoms with van der Waals surface area (Å²) in [6.45, 7) is 2.13. The number of carbonyl (C=O) groups excluding carboxylic acids is 1. The number of rotatable bonds is 4. The molecule has 4 rings (SSSR count). The van der Waals surface area contributed by atoms with E-state index in [2.05, 4.69) is 4.98 Å². The molecule has 0 aliphatic carbocycles. The van der Waals surface area contributed by atoms with Gasteiger partial charge in [-0.15, -0.1) is 35.1 Å². The molecule has 9 heteroatoms. The van der Waals surface area contributed by atoms with Crippen LogP contribution in [-0.2, 0) is 11.3 Å². The van der Waals surface area contributed by atoms with Crippen LogP contribution < -0.4 is 11.3 Å². The van der Waals surface area contributed by atoms with E-state index < -0.39 is 0 Å². The highest BCUT2D eigenvalue weighted by atomic mass is 35.5. The van der Waals surface area contributed by atoms with Gasteiger partial charge in [-0.1, -0.05) is 6.07 Å². The number of aromatic nitrogens is 2. The van der Waals surface area contributed by atoms with Gasteiger partial charge < -0.3 is 10.6 Å². The molecule has 6 nitrogen and oxygen atoms in total. The predicted molar refractivity (Wildman–Crippen MR) is 113 cm³/mol. The van der Waals surface area contributed by atoms with Crippen LogP contribution in [0, 0.1) is 5.92 Å². The van der Waals surface area contributed by atoms with Crippen molar-refractivity contribution in [3.05, 3.63) is 39.6 Å². The summed E-state index contributed by atoms with van der Waals surface area (Å²) in [5.74, 6) is 0.468. The minimum atomic E-state index is -0.148. The zero-order valence-corrected chi connectivity index (χ0v) is 17.1. The number of hydrogen-bond acceptors (Lipinski definition) is 6. The van der Waals surface area contributed by atoms with Crippen LogP contribution in [0.3, 0.4) is 0 Å². The molecule has 0 radical (unpaired) electrons. The standard InChI is InChI=1S/C18H20N4O2S2.ClH/c19-8-12-3-5-21(6-4-12)15(23)9-22-11-20-17-16(18(22)24)13(10-26-17)14-2-1-7-25-14;/h1-2,7,10-12H,3-6,8-9,19H2;1H. The van der Waals surface area contributed by atoms with Crippen LogP contribution in [0.1, 0.15) is 12.8 Å². The molecular formula is C18H21ClN4O2S2. The fraction of sp³-hybridized carbons (Fsp3) is 0.389. The average Bonchev–Trinajstić information content (AvgIpc) is 3.33. The summed E-state index contributed by atoms with van der Waals surface area (Å²) >= 11 is 3.05. The van der Waals surface area contributed by atoms with Crippen molar-refractivity contribution in [2.75, 3.05) is 19.6 Å². The van der Waals surface area contributed by atoms with Gasteiger partial charge in [-0.3, -0.25) is 14.2 Å². The minimum Gasteiger partial charge on any atom is -0.341 e. The van der Waals surface area contributed by atoms with Gasteiger partial charge in [0.25, 0.3) is 5.56 Å². The van der Waals surface area contributed by atoms with E-state index in [1.54, 1.807) is 11.3 Å². The van der Waals surface area contributed by atoms with Crippen LogP contribution >= 0.6 is 35.1 Å². The van der Waals surface area contributed by atoms with Crippen molar-refractivity contribution >= 4 is 51.2 Å². The Hall–Kier alpha value is -1.74. The Morgan fingerprint density at radius 1 is 1.30 bits per heavy atom. The Bertz CT molecular complexity index is 975. The molecule has 0 atom stereocenters. The smallest absolute Gasteiger partial charge is 0.263 e. The molecule has 0 aromatic carbocycles. The molecule has 27 heavy (non-hydrogen) atoms. The highest BCUT2D eigenvalue weighted by Gasteiger charge is 2.23. The normalized spacial score (nSPS) is 15.1. The van der Waals surface area contributed by atoms with Crippen molar-refractivity contribution < 1.29 is 4.79 Å². The van der Waals surface area contributed by atoms with Crippen LogP contribution in [0.2, 0.25) is 0 Å². The Morgan fingerprint density at radius 2 is 2.07 bits per heavy atom. The van der Waals surface area contributed by atoms with E-state index in [4.69, 9.17) is 5.73 Å². The molecule has 0 bridgehead atoms. The number of fused-ring (bicyclic) bond motifs is 1. The number of nitrogens with zero attached hydrogens (tertiary/aromatic N) is 3. The lowest BCUT2D eigenvalue weighted by atomic mass is 9.97. The molecule has 0 saturated carbocycles. The van der Waals surface area contributed by atoms with Crippen LogP contribution in [0.15, 0.2) is 34.0 Å². The van der Waals surface area contributed by atoms with E-state index >= 15 is 0 Å². The molecule has 1 aliphatic rings. The third-order valence-electron chi connectivity index (χ3n) is 4.95. The molecule has 2 N–H and O–H groups in total. The predicted octanol–water partition coefficient (Wildman–Crippen LogP) is 2.81. The summed E-state index contributed by atoms with van der Waals surface area (Å²) in [5.41, 5.74) is 6.47. The van der Waals surface area contributed by atoms with Crippen LogP contribution in [0.25, 0.3) is 20.7 Å². The first-order valence-corrected chi connectivity index (χ1v) is 10.4. The number of piperidine rings is 1.